The van der Waals surface area contributed by atoms with Gasteiger partial charge in [0, 0.05) is 10.7 Å². The number of carbonyl (C=O) groups excluding carboxylic acids is 1. The summed E-state index contributed by atoms with van der Waals surface area (Å²) >= 11 is 7.03. The summed E-state index contributed by atoms with van der Waals surface area (Å²) in [6, 6.07) is 0. The molecule has 0 bridgehead atoms. The molecule has 100 valence electrons. The molecule has 0 spiro atoms. The second-order valence-corrected chi connectivity index (χ2v) is 9.53. The van der Waals surface area contributed by atoms with E-state index in [1.807, 2.05) is 0 Å². The molecular weight excluding hydrogens is 396 g/mol. The van der Waals surface area contributed by atoms with E-state index in [1.54, 1.807) is 0 Å². The molecule has 0 aromatic rings. The quantitative estimate of drug-likeness (QED) is 0.495. The van der Waals surface area contributed by atoms with Crippen LogP contribution in [0.1, 0.15) is 0 Å². The number of rotatable bonds is 6. The van der Waals surface area contributed by atoms with Gasteiger partial charge in [-0.25, -0.2) is 21.8 Å². The lowest BCUT2D eigenvalue weighted by Crippen LogP contribution is -2.33. The predicted molar refractivity (Wildman–Crippen MR) is 94.7 cm³/mol. The van der Waals surface area contributed by atoms with Crippen LogP contribution in [0.15, 0.2) is 45.9 Å². The Hall–Kier alpha value is 0.290. The number of ketones is 1. The molecule has 0 amide bonds. The fourth-order valence-electron chi connectivity index (χ4n) is 1.94. The van der Waals surface area contributed by atoms with Crippen LogP contribution < -0.4 is 0 Å². The Kier molecular flexibility index (Phi) is 5.86. The van der Waals surface area contributed by atoms with E-state index in [4.69, 9.17) is 0 Å². The Morgan fingerprint density at radius 1 is 0.833 bits per heavy atom. The summed E-state index contributed by atoms with van der Waals surface area (Å²) in [4.78, 5) is 12.7. The molecule has 0 fully saturated rings. The fraction of sp³-hybridized carbons (Fsp3) is 0.308. The maximum Gasteiger partial charge on any atom is 0.158 e. The van der Waals surface area contributed by atoms with Crippen molar-refractivity contribution in [1.82, 2.24) is 0 Å². The van der Waals surface area contributed by atoms with Gasteiger partial charge in [-0.2, -0.15) is 0 Å². The minimum atomic E-state index is -0.417. The van der Waals surface area contributed by atoms with Crippen LogP contribution in [-0.4, -0.2) is 26.9 Å². The molecule has 0 N–H and O–H groups in total. The molecule has 0 aromatic carbocycles. The van der Waals surface area contributed by atoms with Gasteiger partial charge in [-0.3, -0.25) is 4.79 Å². The summed E-state index contributed by atoms with van der Waals surface area (Å²) in [5.74, 6) is 0.397. The lowest BCUT2D eigenvalue weighted by molar-refractivity contribution is -0.117. The van der Waals surface area contributed by atoms with Crippen molar-refractivity contribution in [2.75, 3.05) is 10.7 Å². The van der Waals surface area contributed by atoms with Gasteiger partial charge in [-0.05, 0) is 21.6 Å². The lowest BCUT2D eigenvalue weighted by atomic mass is 10.2. The van der Waals surface area contributed by atoms with Crippen molar-refractivity contribution in [1.29, 1.82) is 0 Å². The third-order valence-electron chi connectivity index (χ3n) is 2.92. The van der Waals surface area contributed by atoms with Crippen molar-refractivity contribution in [3.8, 4) is 0 Å². The normalized spacial score (nSPS) is 23.9. The zero-order chi connectivity index (χ0) is 13.0. The van der Waals surface area contributed by atoms with Crippen LogP contribution in [-0.2, 0) is 4.79 Å². The van der Waals surface area contributed by atoms with Crippen LogP contribution in [0.2, 0.25) is 0 Å². The molecule has 1 nitrogen and oxygen atoms in total. The topological polar surface area (TPSA) is 17.1 Å². The molecule has 2 aliphatic heterocycles. The van der Waals surface area contributed by atoms with Crippen molar-refractivity contribution in [3.63, 3.8) is 0 Å². The highest BCUT2D eigenvalue weighted by atomic mass is 79.9. The van der Waals surface area contributed by atoms with Gasteiger partial charge < -0.3 is 0 Å². The maximum atomic E-state index is 12.7. The van der Waals surface area contributed by atoms with Gasteiger partial charge in [-0.15, -0.1) is 0 Å². The fourth-order valence-corrected chi connectivity index (χ4v) is 8.19. The van der Waals surface area contributed by atoms with E-state index in [9.17, 15) is 4.79 Å². The molecule has 2 heterocycles. The van der Waals surface area contributed by atoms with E-state index < -0.39 is 21.8 Å². The van der Waals surface area contributed by atoms with Crippen molar-refractivity contribution in [3.05, 3.63) is 45.9 Å². The van der Waals surface area contributed by atoms with Crippen LogP contribution in [0.5, 0.6) is 0 Å². The molecular formula is C13H16Br2OS2. The van der Waals surface area contributed by atoms with Crippen LogP contribution in [0, 0.1) is 0 Å². The molecule has 0 aromatic heterocycles. The van der Waals surface area contributed by atoms with Crippen LogP contribution in [0.4, 0.5) is 0 Å². The van der Waals surface area contributed by atoms with E-state index in [2.05, 4.69) is 77.8 Å². The molecule has 0 radical (unpaired) electrons. The molecule has 0 saturated carbocycles. The Morgan fingerprint density at radius 3 is 1.44 bits per heavy atom. The van der Waals surface area contributed by atoms with Gasteiger partial charge in [0.2, 0.25) is 0 Å². The molecule has 2 atom stereocenters. The summed E-state index contributed by atoms with van der Waals surface area (Å²) in [6.45, 7) is 0. The summed E-state index contributed by atoms with van der Waals surface area (Å²) in [7, 11) is -0.834. The Bertz CT molecular complexity index is 367. The standard InChI is InChI=1S/C13H16Br2OS2/c14-9-11(17-5-1-2-6-17)13(16)12(10-15)18-7-3-4-8-18/h1-8,11-12,17-18H,9-10H2. The van der Waals surface area contributed by atoms with Crippen LogP contribution in [0.25, 0.3) is 0 Å². The van der Waals surface area contributed by atoms with Crippen molar-refractivity contribution in [2.24, 2.45) is 0 Å². The highest BCUT2D eigenvalue weighted by Crippen LogP contribution is 2.45. The van der Waals surface area contributed by atoms with Crippen molar-refractivity contribution >= 4 is 59.4 Å². The number of halogens is 2. The second-order valence-electron chi connectivity index (χ2n) is 4.00. The number of Topliss-reactive ketones (excluding diaryl/α,β-unsaturated/α-hetero) is 1. The highest BCUT2D eigenvalue weighted by molar-refractivity contribution is 9.09. The van der Waals surface area contributed by atoms with E-state index in [0.29, 0.717) is 5.78 Å². The minimum absolute atomic E-state index is 0.113. The first-order chi connectivity index (χ1) is 8.77. The molecule has 0 saturated heterocycles. The largest absolute Gasteiger partial charge is 0.297 e. The van der Waals surface area contributed by atoms with Gasteiger partial charge in [0.15, 0.2) is 5.78 Å². The third kappa shape index (κ3) is 3.24. The van der Waals surface area contributed by atoms with Gasteiger partial charge in [-0.1, -0.05) is 56.2 Å². The van der Waals surface area contributed by atoms with Gasteiger partial charge in [0.05, 0.1) is 10.5 Å². The molecule has 2 rings (SSSR count). The third-order valence-corrected chi connectivity index (χ3v) is 9.60. The minimum Gasteiger partial charge on any atom is -0.297 e. The number of allylic oxidation sites excluding steroid dienone is 4. The van der Waals surface area contributed by atoms with E-state index >= 15 is 0 Å². The molecule has 5 heteroatoms. The van der Waals surface area contributed by atoms with E-state index in [0.717, 1.165) is 10.7 Å². The predicted octanol–water partition coefficient (Wildman–Crippen LogP) is 4.17. The van der Waals surface area contributed by atoms with Gasteiger partial charge in [0.1, 0.15) is 0 Å². The number of hydrogen-bond acceptors (Lipinski definition) is 1. The highest BCUT2D eigenvalue weighted by Gasteiger charge is 2.31. The smallest absolute Gasteiger partial charge is 0.158 e. The average molecular weight is 412 g/mol. The Morgan fingerprint density at radius 2 is 1.17 bits per heavy atom. The first-order valence-electron chi connectivity index (χ1n) is 5.68. The van der Waals surface area contributed by atoms with Crippen molar-refractivity contribution < 1.29 is 4.79 Å². The SMILES string of the molecule is O=C(C(CBr)[SH]1C=CC=C1)C(CBr)[SH]1C=CC=C1. The van der Waals surface area contributed by atoms with Gasteiger partial charge >= 0.3 is 0 Å². The summed E-state index contributed by atoms with van der Waals surface area (Å²) < 4.78 is 0. The Balaban J connectivity index is 2.11. The number of alkyl halides is 2. The first kappa shape index (κ1) is 14.7. The summed E-state index contributed by atoms with van der Waals surface area (Å²) in [5, 5.41) is 10.5. The van der Waals surface area contributed by atoms with Crippen LogP contribution >= 0.6 is 53.6 Å². The molecule has 0 aliphatic carbocycles. The zero-order valence-electron chi connectivity index (χ0n) is 9.75. The van der Waals surface area contributed by atoms with E-state index in [-0.39, 0.29) is 10.5 Å². The van der Waals surface area contributed by atoms with Crippen molar-refractivity contribution in [2.45, 2.75) is 10.5 Å². The van der Waals surface area contributed by atoms with Gasteiger partial charge in [0.25, 0.3) is 0 Å². The van der Waals surface area contributed by atoms with E-state index in [1.165, 1.54) is 0 Å². The molecule has 2 aliphatic rings. The number of carbonyl (C=O) groups is 1. The summed E-state index contributed by atoms with van der Waals surface area (Å²) in [5.41, 5.74) is 0. The monoisotopic (exact) mass is 410 g/mol. The van der Waals surface area contributed by atoms with Crippen LogP contribution in [0.3, 0.4) is 0 Å². The number of thiol groups is 2. The molecule has 18 heavy (non-hydrogen) atoms. The maximum absolute atomic E-state index is 12.7. The first-order valence-corrected chi connectivity index (χ1v) is 11.0. The number of hydrogen-bond donors (Lipinski definition) is 2. The lowest BCUT2D eigenvalue weighted by Gasteiger charge is -2.28. The summed E-state index contributed by atoms with van der Waals surface area (Å²) in [6.07, 6.45) is 8.22. The average Bonchev–Trinajstić information content (AvgIpc) is 3.03. The zero-order valence-corrected chi connectivity index (χ0v) is 14.7. The Labute approximate surface area is 130 Å². The molecule has 2 unspecified atom stereocenters. The second kappa shape index (κ2) is 7.17.